The summed E-state index contributed by atoms with van der Waals surface area (Å²) in [6.07, 6.45) is 5.12. The maximum Gasteiger partial charge on any atom is 0.319 e. The molecule has 0 radical (unpaired) electrons. The van der Waals surface area contributed by atoms with E-state index in [-0.39, 0.29) is 12.1 Å². The number of hydrogen-bond donors (Lipinski definition) is 2. The van der Waals surface area contributed by atoms with E-state index in [1.165, 1.54) is 0 Å². The van der Waals surface area contributed by atoms with Gasteiger partial charge in [0.05, 0.1) is 13.4 Å². The zero-order valence-corrected chi connectivity index (χ0v) is 13.2. The first-order valence-electron chi connectivity index (χ1n) is 7.47. The molecule has 2 N–H and O–H groups in total. The number of methoxy groups -OCH3 is 1. The van der Waals surface area contributed by atoms with Crippen LogP contribution in [0.2, 0.25) is 0 Å². The van der Waals surface area contributed by atoms with Crippen LogP contribution in [0.25, 0.3) is 0 Å². The van der Waals surface area contributed by atoms with Crippen molar-refractivity contribution in [1.29, 1.82) is 0 Å². The lowest BCUT2D eigenvalue weighted by Gasteiger charge is -2.16. The Morgan fingerprint density at radius 3 is 2.75 bits per heavy atom. The van der Waals surface area contributed by atoms with E-state index in [9.17, 15) is 4.79 Å². The molecule has 1 aromatic carbocycles. The van der Waals surface area contributed by atoms with Gasteiger partial charge in [-0.05, 0) is 42.5 Å². The predicted molar refractivity (Wildman–Crippen MR) is 89.1 cm³/mol. The van der Waals surface area contributed by atoms with Crippen molar-refractivity contribution in [2.45, 2.75) is 6.04 Å². The number of nitrogens with zero attached hydrogens (tertiary/aromatic N) is 2. The molecule has 7 heteroatoms. The van der Waals surface area contributed by atoms with Crippen LogP contribution in [0.5, 0.6) is 5.75 Å². The minimum atomic E-state index is -0.302. The highest BCUT2D eigenvalue weighted by Gasteiger charge is 2.17. The highest BCUT2D eigenvalue weighted by molar-refractivity contribution is 5.89. The SMILES string of the molecule is COc1ccc(NC(=O)NCC(c2ccco2)n2cccn2)cc1. The second-order valence-corrected chi connectivity index (χ2v) is 5.08. The van der Waals surface area contributed by atoms with Crippen molar-refractivity contribution in [3.8, 4) is 5.75 Å². The molecule has 2 heterocycles. The van der Waals surface area contributed by atoms with Gasteiger partial charge in [0.1, 0.15) is 17.6 Å². The molecule has 0 aliphatic heterocycles. The maximum atomic E-state index is 12.1. The average molecular weight is 326 g/mol. The molecule has 24 heavy (non-hydrogen) atoms. The summed E-state index contributed by atoms with van der Waals surface area (Å²) in [4.78, 5) is 12.1. The van der Waals surface area contributed by atoms with Gasteiger partial charge in [0.2, 0.25) is 0 Å². The van der Waals surface area contributed by atoms with Crippen LogP contribution in [-0.4, -0.2) is 29.5 Å². The molecule has 3 rings (SSSR count). The van der Waals surface area contributed by atoms with Gasteiger partial charge in [0.25, 0.3) is 0 Å². The molecule has 0 aliphatic rings. The second kappa shape index (κ2) is 7.36. The third-order valence-electron chi connectivity index (χ3n) is 3.52. The van der Waals surface area contributed by atoms with Gasteiger partial charge in [-0.2, -0.15) is 5.10 Å². The van der Waals surface area contributed by atoms with E-state index in [0.29, 0.717) is 12.2 Å². The Morgan fingerprint density at radius 1 is 1.29 bits per heavy atom. The molecule has 0 saturated carbocycles. The summed E-state index contributed by atoms with van der Waals surface area (Å²) in [5, 5.41) is 9.83. The minimum absolute atomic E-state index is 0.211. The monoisotopic (exact) mass is 326 g/mol. The summed E-state index contributed by atoms with van der Waals surface area (Å²) in [7, 11) is 1.60. The van der Waals surface area contributed by atoms with E-state index in [1.54, 1.807) is 48.5 Å². The number of carbonyl (C=O) groups excluding carboxylic acids is 1. The van der Waals surface area contributed by atoms with Crippen LogP contribution in [-0.2, 0) is 0 Å². The van der Waals surface area contributed by atoms with Gasteiger partial charge in [0, 0.05) is 24.6 Å². The van der Waals surface area contributed by atoms with Crippen molar-refractivity contribution in [3.63, 3.8) is 0 Å². The summed E-state index contributed by atoms with van der Waals surface area (Å²) in [5.41, 5.74) is 0.682. The fourth-order valence-electron chi connectivity index (χ4n) is 2.31. The van der Waals surface area contributed by atoms with Crippen LogP contribution >= 0.6 is 0 Å². The van der Waals surface area contributed by atoms with Crippen molar-refractivity contribution in [3.05, 3.63) is 66.9 Å². The third-order valence-corrected chi connectivity index (χ3v) is 3.52. The summed E-state index contributed by atoms with van der Waals surface area (Å²) < 4.78 is 12.3. The number of amides is 2. The lowest BCUT2D eigenvalue weighted by Crippen LogP contribution is -2.34. The fourth-order valence-corrected chi connectivity index (χ4v) is 2.31. The summed E-state index contributed by atoms with van der Waals surface area (Å²) in [6, 6.07) is 12.1. The Morgan fingerprint density at radius 2 is 2.12 bits per heavy atom. The van der Waals surface area contributed by atoms with Crippen LogP contribution in [0.4, 0.5) is 10.5 Å². The number of aromatic nitrogens is 2. The topological polar surface area (TPSA) is 81.3 Å². The predicted octanol–water partition coefficient (Wildman–Crippen LogP) is 2.90. The van der Waals surface area contributed by atoms with E-state index in [0.717, 1.165) is 11.5 Å². The molecule has 2 amide bonds. The van der Waals surface area contributed by atoms with E-state index in [1.807, 2.05) is 24.4 Å². The summed E-state index contributed by atoms with van der Waals surface area (Å²) >= 11 is 0. The normalized spacial score (nSPS) is 11.7. The number of urea groups is 1. The van der Waals surface area contributed by atoms with Gasteiger partial charge in [-0.3, -0.25) is 4.68 Å². The standard InChI is InChI=1S/C17H18N4O3/c1-23-14-7-5-13(6-8-14)20-17(22)18-12-15(16-4-2-11-24-16)21-10-3-9-19-21/h2-11,15H,12H2,1H3,(H2,18,20,22). The van der Waals surface area contributed by atoms with Crippen molar-refractivity contribution in [2.24, 2.45) is 0 Å². The van der Waals surface area contributed by atoms with E-state index < -0.39 is 0 Å². The number of anilines is 1. The fraction of sp³-hybridized carbons (Fsp3) is 0.176. The van der Waals surface area contributed by atoms with E-state index >= 15 is 0 Å². The zero-order chi connectivity index (χ0) is 16.8. The Balaban J connectivity index is 1.61. The molecule has 7 nitrogen and oxygen atoms in total. The van der Waals surface area contributed by atoms with Crippen LogP contribution < -0.4 is 15.4 Å². The summed E-state index contributed by atoms with van der Waals surface area (Å²) in [5.74, 6) is 1.46. The molecular weight excluding hydrogens is 308 g/mol. The van der Waals surface area contributed by atoms with Crippen LogP contribution in [0.1, 0.15) is 11.8 Å². The first kappa shape index (κ1) is 15.7. The van der Waals surface area contributed by atoms with Crippen LogP contribution in [0.3, 0.4) is 0 Å². The highest BCUT2D eigenvalue weighted by Crippen LogP contribution is 2.18. The third kappa shape index (κ3) is 3.75. The summed E-state index contributed by atoms with van der Waals surface area (Å²) in [6.45, 7) is 0.344. The minimum Gasteiger partial charge on any atom is -0.497 e. The zero-order valence-electron chi connectivity index (χ0n) is 13.2. The number of hydrogen-bond acceptors (Lipinski definition) is 4. The second-order valence-electron chi connectivity index (χ2n) is 5.08. The number of rotatable bonds is 6. The molecule has 0 fully saturated rings. The van der Waals surface area contributed by atoms with Crippen molar-refractivity contribution < 1.29 is 13.9 Å². The smallest absolute Gasteiger partial charge is 0.319 e. The van der Waals surface area contributed by atoms with E-state index in [4.69, 9.17) is 9.15 Å². The Hall–Kier alpha value is -3.22. The van der Waals surface area contributed by atoms with Gasteiger partial charge < -0.3 is 19.8 Å². The van der Waals surface area contributed by atoms with Crippen molar-refractivity contribution in [1.82, 2.24) is 15.1 Å². The molecule has 0 spiro atoms. The first-order chi connectivity index (χ1) is 11.8. The molecule has 1 atom stereocenters. The van der Waals surface area contributed by atoms with Gasteiger partial charge >= 0.3 is 6.03 Å². The maximum absolute atomic E-state index is 12.1. The van der Waals surface area contributed by atoms with E-state index in [2.05, 4.69) is 15.7 Å². The first-order valence-corrected chi connectivity index (χ1v) is 7.47. The molecule has 0 bridgehead atoms. The highest BCUT2D eigenvalue weighted by atomic mass is 16.5. The number of benzene rings is 1. The Labute approximate surface area is 139 Å². The quantitative estimate of drug-likeness (QED) is 0.730. The Bertz CT molecular complexity index is 718. The lowest BCUT2D eigenvalue weighted by atomic mass is 10.2. The van der Waals surface area contributed by atoms with Gasteiger partial charge in [-0.25, -0.2) is 4.79 Å². The van der Waals surface area contributed by atoms with Crippen LogP contribution in [0, 0.1) is 0 Å². The van der Waals surface area contributed by atoms with Gasteiger partial charge in [0.15, 0.2) is 0 Å². The number of carbonyl (C=O) groups is 1. The average Bonchev–Trinajstić information content (AvgIpc) is 3.30. The van der Waals surface area contributed by atoms with Gasteiger partial charge in [-0.15, -0.1) is 0 Å². The number of ether oxygens (including phenoxy) is 1. The molecule has 0 saturated heterocycles. The number of nitrogens with one attached hydrogen (secondary N) is 2. The number of furan rings is 1. The lowest BCUT2D eigenvalue weighted by molar-refractivity contribution is 0.250. The van der Waals surface area contributed by atoms with Crippen molar-refractivity contribution >= 4 is 11.7 Å². The largest absolute Gasteiger partial charge is 0.497 e. The molecule has 124 valence electrons. The van der Waals surface area contributed by atoms with Crippen LogP contribution in [0.15, 0.2) is 65.5 Å². The molecule has 2 aromatic heterocycles. The molecule has 0 aliphatic carbocycles. The van der Waals surface area contributed by atoms with Gasteiger partial charge in [-0.1, -0.05) is 0 Å². The van der Waals surface area contributed by atoms with Crippen molar-refractivity contribution in [2.75, 3.05) is 19.0 Å². The molecular formula is C17H18N4O3. The Kier molecular flexibility index (Phi) is 4.81. The molecule has 3 aromatic rings. The molecule has 1 unspecified atom stereocenters.